The van der Waals surface area contributed by atoms with E-state index in [1.165, 1.54) is 12.1 Å². The molecule has 0 bridgehead atoms. The molecule has 17 heavy (non-hydrogen) atoms. The van der Waals surface area contributed by atoms with Crippen LogP contribution in [0.25, 0.3) is 0 Å². The topological polar surface area (TPSA) is 86.6 Å². The van der Waals surface area contributed by atoms with E-state index < -0.39 is 17.1 Å². The summed E-state index contributed by atoms with van der Waals surface area (Å²) in [6, 6.07) is 4.07. The number of benzene rings is 1. The summed E-state index contributed by atoms with van der Waals surface area (Å²) in [6.07, 6.45) is 0. The van der Waals surface area contributed by atoms with E-state index >= 15 is 0 Å². The van der Waals surface area contributed by atoms with Gasteiger partial charge in [-0.25, -0.2) is 13.1 Å². The number of rotatable bonds is 4. The van der Waals surface area contributed by atoms with Crippen molar-refractivity contribution in [3.63, 3.8) is 0 Å². The average Bonchev–Trinajstić information content (AvgIpc) is 2.15. The molecule has 0 heterocycles. The zero-order valence-corrected chi connectivity index (χ0v) is 10.8. The molecular weight excluding hydrogens is 241 g/mol. The first-order valence-corrected chi connectivity index (χ1v) is 6.71. The minimum absolute atomic E-state index is 0.0665. The van der Waals surface area contributed by atoms with Gasteiger partial charge in [0.25, 0.3) is 0 Å². The van der Waals surface area contributed by atoms with Crippen LogP contribution in [0.2, 0.25) is 0 Å². The molecule has 1 rings (SSSR count). The number of nitrogens with one attached hydrogen (secondary N) is 1. The summed E-state index contributed by atoms with van der Waals surface area (Å²) < 4.78 is 26.4. The smallest absolute Gasteiger partial charge is 0.423 e. The van der Waals surface area contributed by atoms with Crippen molar-refractivity contribution < 1.29 is 18.5 Å². The van der Waals surface area contributed by atoms with Gasteiger partial charge in [0.15, 0.2) is 0 Å². The van der Waals surface area contributed by atoms with Gasteiger partial charge in [0, 0.05) is 6.04 Å². The van der Waals surface area contributed by atoms with E-state index in [9.17, 15) is 8.42 Å². The zero-order valence-electron chi connectivity index (χ0n) is 10.0. The van der Waals surface area contributed by atoms with Crippen molar-refractivity contribution in [3.8, 4) is 0 Å². The van der Waals surface area contributed by atoms with E-state index in [4.69, 9.17) is 10.0 Å². The van der Waals surface area contributed by atoms with Gasteiger partial charge in [-0.15, -0.1) is 0 Å². The summed E-state index contributed by atoms with van der Waals surface area (Å²) in [4.78, 5) is 0.0665. The highest BCUT2D eigenvalue weighted by molar-refractivity contribution is 7.89. The number of hydrogen-bond acceptors (Lipinski definition) is 4. The van der Waals surface area contributed by atoms with Gasteiger partial charge in [-0.05, 0) is 37.9 Å². The Hall–Kier alpha value is -0.885. The van der Waals surface area contributed by atoms with Crippen molar-refractivity contribution >= 4 is 22.6 Å². The predicted octanol–water partition coefficient (Wildman–Crippen LogP) is -0.638. The van der Waals surface area contributed by atoms with Gasteiger partial charge in [0.2, 0.25) is 10.0 Å². The van der Waals surface area contributed by atoms with E-state index in [2.05, 4.69) is 4.72 Å². The summed E-state index contributed by atoms with van der Waals surface area (Å²) in [5.41, 5.74) is 0.710. The van der Waals surface area contributed by atoms with Crippen LogP contribution in [0.5, 0.6) is 0 Å². The SMILES string of the molecule is Cc1ccc(B(O)O)cc1S(=O)(=O)NC(C)C. The molecule has 0 aliphatic carbocycles. The molecule has 7 heteroatoms. The molecule has 0 aliphatic rings. The third-order valence-corrected chi connectivity index (χ3v) is 3.99. The van der Waals surface area contributed by atoms with Crippen LogP contribution in [0.1, 0.15) is 19.4 Å². The van der Waals surface area contributed by atoms with Gasteiger partial charge >= 0.3 is 7.12 Å². The molecule has 1 aromatic carbocycles. The van der Waals surface area contributed by atoms with Crippen molar-refractivity contribution in [1.82, 2.24) is 4.72 Å². The fraction of sp³-hybridized carbons (Fsp3) is 0.400. The molecule has 0 amide bonds. The Morgan fingerprint density at radius 2 is 1.88 bits per heavy atom. The van der Waals surface area contributed by atoms with Crippen molar-refractivity contribution in [1.29, 1.82) is 0 Å². The van der Waals surface area contributed by atoms with Crippen molar-refractivity contribution in [2.24, 2.45) is 0 Å². The van der Waals surface area contributed by atoms with Gasteiger partial charge in [0.05, 0.1) is 4.90 Å². The standard InChI is InChI=1S/C10H16BNO4S/c1-7(2)12-17(15,16)10-6-9(11(13)14)5-4-8(10)3/h4-7,12-14H,1-3H3. The fourth-order valence-electron chi connectivity index (χ4n) is 1.44. The van der Waals surface area contributed by atoms with Gasteiger partial charge in [0.1, 0.15) is 0 Å². The number of aryl methyl sites for hydroxylation is 1. The summed E-state index contributed by atoms with van der Waals surface area (Å²) in [7, 11) is -5.30. The van der Waals surface area contributed by atoms with Crippen LogP contribution < -0.4 is 10.2 Å². The first-order valence-electron chi connectivity index (χ1n) is 5.23. The molecule has 94 valence electrons. The predicted molar refractivity (Wildman–Crippen MR) is 66.5 cm³/mol. The molecule has 5 nitrogen and oxygen atoms in total. The lowest BCUT2D eigenvalue weighted by atomic mass is 9.80. The van der Waals surface area contributed by atoms with E-state index in [0.717, 1.165) is 0 Å². The number of hydrogen-bond donors (Lipinski definition) is 3. The van der Waals surface area contributed by atoms with Crippen molar-refractivity contribution in [2.75, 3.05) is 0 Å². The minimum Gasteiger partial charge on any atom is -0.423 e. The van der Waals surface area contributed by atoms with Crippen molar-refractivity contribution in [2.45, 2.75) is 31.7 Å². The first-order chi connectivity index (χ1) is 7.74. The summed E-state index contributed by atoms with van der Waals surface area (Å²) in [6.45, 7) is 5.09. The second kappa shape index (κ2) is 5.18. The highest BCUT2D eigenvalue weighted by Crippen LogP contribution is 2.13. The van der Waals surface area contributed by atoms with Crippen LogP contribution in [0.3, 0.4) is 0 Å². The Bertz CT molecular complexity index is 499. The van der Waals surface area contributed by atoms with Crippen LogP contribution in [-0.4, -0.2) is 31.6 Å². The van der Waals surface area contributed by atoms with Crippen molar-refractivity contribution in [3.05, 3.63) is 23.8 Å². The summed E-state index contributed by atoms with van der Waals surface area (Å²) in [5.74, 6) is 0. The lowest BCUT2D eigenvalue weighted by Gasteiger charge is -2.12. The van der Waals surface area contributed by atoms with Crippen LogP contribution >= 0.6 is 0 Å². The lowest BCUT2D eigenvalue weighted by Crippen LogP contribution is -2.34. The molecule has 1 aromatic rings. The highest BCUT2D eigenvalue weighted by atomic mass is 32.2. The number of sulfonamides is 1. The van der Waals surface area contributed by atoms with Gasteiger partial charge in [-0.1, -0.05) is 12.1 Å². The Morgan fingerprint density at radius 1 is 1.29 bits per heavy atom. The molecule has 0 atom stereocenters. The van der Waals surface area contributed by atoms with Gasteiger partial charge in [-0.2, -0.15) is 0 Å². The third-order valence-electron chi connectivity index (χ3n) is 2.19. The first kappa shape index (κ1) is 14.2. The highest BCUT2D eigenvalue weighted by Gasteiger charge is 2.21. The maximum absolute atomic E-state index is 12.0. The van der Waals surface area contributed by atoms with Crippen LogP contribution in [-0.2, 0) is 10.0 Å². The molecule has 0 saturated heterocycles. The van der Waals surface area contributed by atoms with Crippen LogP contribution in [0, 0.1) is 6.92 Å². The van der Waals surface area contributed by atoms with E-state index in [1.54, 1.807) is 26.8 Å². The molecule has 0 spiro atoms. The third kappa shape index (κ3) is 3.54. The zero-order chi connectivity index (χ0) is 13.2. The van der Waals surface area contributed by atoms with Gasteiger partial charge in [-0.3, -0.25) is 0 Å². The van der Waals surface area contributed by atoms with E-state index in [1.807, 2.05) is 0 Å². The normalized spacial score (nSPS) is 11.9. The van der Waals surface area contributed by atoms with Crippen LogP contribution in [0.15, 0.2) is 23.1 Å². The second-order valence-electron chi connectivity index (χ2n) is 4.17. The van der Waals surface area contributed by atoms with Crippen LogP contribution in [0.4, 0.5) is 0 Å². The molecule has 0 radical (unpaired) electrons. The second-order valence-corrected chi connectivity index (χ2v) is 5.86. The molecule has 3 N–H and O–H groups in total. The molecule has 0 aliphatic heterocycles. The Labute approximate surface area is 102 Å². The maximum Gasteiger partial charge on any atom is 0.488 e. The molecule has 0 unspecified atom stereocenters. The molecule has 0 saturated carbocycles. The largest absolute Gasteiger partial charge is 0.488 e. The molecule has 0 aromatic heterocycles. The quantitative estimate of drug-likeness (QED) is 0.626. The summed E-state index contributed by atoms with van der Waals surface area (Å²) in [5, 5.41) is 18.1. The maximum atomic E-state index is 12.0. The van der Waals surface area contributed by atoms with Gasteiger partial charge < -0.3 is 10.0 Å². The lowest BCUT2D eigenvalue weighted by molar-refractivity contribution is 0.425. The Morgan fingerprint density at radius 3 is 2.35 bits per heavy atom. The molecular formula is C10H16BNO4S. The Balaban J connectivity index is 3.25. The average molecular weight is 257 g/mol. The molecule has 0 fully saturated rings. The van der Waals surface area contributed by atoms with E-state index in [0.29, 0.717) is 5.56 Å². The monoisotopic (exact) mass is 257 g/mol. The van der Waals surface area contributed by atoms with E-state index in [-0.39, 0.29) is 16.4 Å². The summed E-state index contributed by atoms with van der Waals surface area (Å²) >= 11 is 0. The Kier molecular flexibility index (Phi) is 4.32. The minimum atomic E-state index is -3.62. The fourth-order valence-corrected chi connectivity index (χ4v) is 2.97.